The molecule has 4 heterocycles. The number of thiazole rings is 1. The van der Waals surface area contributed by atoms with Gasteiger partial charge in [-0.05, 0) is 75.0 Å². The van der Waals surface area contributed by atoms with Crippen LogP contribution in [0.4, 0.5) is 28.9 Å². The number of piperazine rings is 1. The van der Waals surface area contributed by atoms with Gasteiger partial charge in [0.2, 0.25) is 23.3 Å². The maximum Gasteiger partial charge on any atom is 0.417 e. The third-order valence-electron chi connectivity index (χ3n) is 13.4. The third kappa shape index (κ3) is 12.1. The fraction of sp³-hybridized carbons (Fsp3) is 0.404. The maximum absolute atomic E-state index is 15.5. The van der Waals surface area contributed by atoms with E-state index in [9.17, 15) is 47.0 Å². The number of hydrogen-bond acceptors (Lipinski definition) is 11. The number of aryl methyl sites for hydroxylation is 1. The minimum Gasteiger partial charge on any atom is -0.391 e. The molecular weight excluding hydrogens is 971 g/mol. The zero-order valence-electron chi connectivity index (χ0n) is 41.6. The van der Waals surface area contributed by atoms with Crippen LogP contribution in [0.1, 0.15) is 91.5 Å². The molecule has 0 saturated carbocycles. The number of likely N-dealkylation sites (tertiary alicyclic amines) is 1. The van der Waals surface area contributed by atoms with Crippen LogP contribution in [0.3, 0.4) is 0 Å². The fourth-order valence-electron chi connectivity index (χ4n) is 9.25. The number of rotatable bonds is 13. The van der Waals surface area contributed by atoms with E-state index >= 15 is 4.39 Å². The van der Waals surface area contributed by atoms with E-state index in [1.54, 1.807) is 38.1 Å². The van der Waals surface area contributed by atoms with Gasteiger partial charge in [0.25, 0.3) is 11.8 Å². The zero-order valence-corrected chi connectivity index (χ0v) is 42.4. The summed E-state index contributed by atoms with van der Waals surface area (Å²) in [6, 6.07) is 13.1. The van der Waals surface area contributed by atoms with Crippen molar-refractivity contribution in [3.63, 3.8) is 0 Å². The van der Waals surface area contributed by atoms with Crippen LogP contribution in [-0.2, 0) is 20.6 Å². The molecule has 3 aromatic carbocycles. The van der Waals surface area contributed by atoms with Crippen molar-refractivity contribution in [3.8, 4) is 21.6 Å². The quantitative estimate of drug-likeness (QED) is 0.0705. The summed E-state index contributed by atoms with van der Waals surface area (Å²) < 4.78 is 58.2. The Hall–Kier alpha value is -6.97. The highest BCUT2D eigenvalue weighted by Crippen LogP contribution is 2.40. The van der Waals surface area contributed by atoms with E-state index in [0.29, 0.717) is 6.20 Å². The summed E-state index contributed by atoms with van der Waals surface area (Å²) in [6.07, 6.45) is -5.56. The predicted octanol–water partition coefficient (Wildman–Crippen LogP) is 6.51. The average molecular weight is 1030 g/mol. The van der Waals surface area contributed by atoms with Crippen LogP contribution in [0.15, 0.2) is 83.2 Å². The Balaban J connectivity index is 1.15. The minimum absolute atomic E-state index is 0.0204. The largest absolute Gasteiger partial charge is 0.417 e. The van der Waals surface area contributed by atoms with E-state index in [1.807, 2.05) is 52.1 Å². The van der Waals surface area contributed by atoms with Gasteiger partial charge in [-0.15, -0.1) is 11.3 Å². The number of anilines is 2. The Morgan fingerprint density at radius 2 is 1.58 bits per heavy atom. The predicted molar refractivity (Wildman–Crippen MR) is 269 cm³/mol. The molecule has 6 atom stereocenters. The number of carbonyl (C=O) groups is 5. The molecule has 388 valence electrons. The number of likely N-dealkylation sites (N-methyl/N-ethyl adjacent to an activating group) is 1. The van der Waals surface area contributed by atoms with E-state index in [-0.39, 0.29) is 72.3 Å². The summed E-state index contributed by atoms with van der Waals surface area (Å²) in [7, 11) is 1.90. The van der Waals surface area contributed by atoms with Gasteiger partial charge in [0.1, 0.15) is 17.9 Å². The molecule has 5 aromatic rings. The molecule has 2 saturated heterocycles. The number of β-amino-alcohol motifs (C(OH)–C–C–N with tert-alkyl or cyclic N) is 1. The van der Waals surface area contributed by atoms with Crippen LogP contribution < -0.4 is 31.7 Å². The topological polar surface area (TPSA) is 209 Å². The standard InChI is InChI=1S/C52H59F4N9O7S/c1-27-23-64(24-28(2)63(27)8)44-36(17-33(35-11-9-10-12-39(35)53)18-40(44)61-48(70)37-21-57-42(67)20-38(37)52(54,55)56)47(69)58-22-43(68)62-46(51(5,6)7)50(72)65-25-34(66)19-41(65)49(71)60-29(3)31-13-15-32(16-14-31)45-30(4)59-26-73-45/h9-18,20-21,26-29,34,41,46,66H,19,22-25H2,1-8H3,(H,57,67)(H,58,69)(H,60,71)(H,61,70)(H,62,68)/t27-,28+,29?,34-,41+,46?/m1/s1. The molecule has 7 rings (SSSR count). The van der Waals surface area contributed by atoms with E-state index in [2.05, 4.69) is 36.1 Å². The van der Waals surface area contributed by atoms with Crippen LogP contribution in [0.5, 0.6) is 0 Å². The Morgan fingerprint density at radius 3 is 2.19 bits per heavy atom. The second-order valence-corrected chi connectivity index (χ2v) is 20.7. The Morgan fingerprint density at radius 1 is 0.904 bits per heavy atom. The van der Waals surface area contributed by atoms with Gasteiger partial charge in [0.05, 0.1) is 62.8 Å². The van der Waals surface area contributed by atoms with Crippen molar-refractivity contribution in [2.24, 2.45) is 5.41 Å². The van der Waals surface area contributed by atoms with Crippen LogP contribution in [-0.4, -0.2) is 118 Å². The summed E-state index contributed by atoms with van der Waals surface area (Å²) in [5, 5.41) is 21.6. The number of alkyl halides is 3. The number of H-pyrrole nitrogens is 1. The third-order valence-corrected chi connectivity index (χ3v) is 14.4. The molecule has 0 aliphatic carbocycles. The van der Waals surface area contributed by atoms with Gasteiger partial charge in [-0.3, -0.25) is 33.7 Å². The van der Waals surface area contributed by atoms with E-state index in [0.717, 1.165) is 21.7 Å². The molecular formula is C52H59F4N9O7S. The Bertz CT molecular complexity index is 2940. The monoisotopic (exact) mass is 1030 g/mol. The Kier molecular flexibility index (Phi) is 15.9. The lowest BCUT2D eigenvalue weighted by Crippen LogP contribution is -2.58. The first-order valence-corrected chi connectivity index (χ1v) is 24.6. The zero-order chi connectivity index (χ0) is 53.3. The number of halogens is 4. The number of carbonyl (C=O) groups excluding carboxylic acids is 5. The molecule has 2 unspecified atom stereocenters. The highest BCUT2D eigenvalue weighted by molar-refractivity contribution is 7.13. The molecule has 21 heteroatoms. The maximum atomic E-state index is 15.5. The van der Waals surface area contributed by atoms with Gasteiger partial charge >= 0.3 is 6.18 Å². The summed E-state index contributed by atoms with van der Waals surface area (Å²) in [6.45, 7) is 12.3. The van der Waals surface area contributed by atoms with E-state index in [4.69, 9.17) is 0 Å². The van der Waals surface area contributed by atoms with Gasteiger partial charge < -0.3 is 41.2 Å². The average Bonchev–Trinajstić information content (AvgIpc) is 3.95. The van der Waals surface area contributed by atoms with Crippen molar-refractivity contribution in [2.75, 3.05) is 43.4 Å². The van der Waals surface area contributed by atoms with Gasteiger partial charge in [-0.1, -0.05) is 63.2 Å². The SMILES string of the molecule is Cc1ncsc1-c1ccc(C(C)NC(=O)[C@@H]2C[C@@H](O)CN2C(=O)C(NC(=O)CNC(=O)c2cc(-c3ccccc3F)cc(NC(=O)c3c[nH]c(=O)cc3C(F)(F)F)c2N2C[C@@H](C)N(C)[C@@H](C)C2)C(C)(C)C)cc1. The van der Waals surface area contributed by atoms with Crippen LogP contribution in [0.2, 0.25) is 0 Å². The summed E-state index contributed by atoms with van der Waals surface area (Å²) >= 11 is 1.52. The molecule has 5 amide bonds. The van der Waals surface area contributed by atoms with Gasteiger partial charge in [0, 0.05) is 56.0 Å². The number of aromatic amines is 1. The van der Waals surface area contributed by atoms with Crippen molar-refractivity contribution in [1.82, 2.24) is 35.7 Å². The fourth-order valence-corrected chi connectivity index (χ4v) is 10.1. The first kappa shape index (κ1) is 53.8. The van der Waals surface area contributed by atoms with Crippen molar-refractivity contribution in [3.05, 3.63) is 123 Å². The summed E-state index contributed by atoms with van der Waals surface area (Å²) in [5.41, 5.74) is -0.258. The smallest absolute Gasteiger partial charge is 0.391 e. The van der Waals surface area contributed by atoms with Crippen molar-refractivity contribution >= 4 is 52.2 Å². The molecule has 0 bridgehead atoms. The van der Waals surface area contributed by atoms with E-state index in [1.165, 1.54) is 52.6 Å². The van der Waals surface area contributed by atoms with Crippen LogP contribution in [0.25, 0.3) is 21.6 Å². The number of nitrogens with zero attached hydrogens (tertiary/aromatic N) is 4. The Labute approximate surface area is 423 Å². The van der Waals surface area contributed by atoms with Crippen LogP contribution >= 0.6 is 11.3 Å². The number of hydrogen-bond donors (Lipinski definition) is 6. The lowest BCUT2D eigenvalue weighted by Gasteiger charge is -2.44. The molecule has 2 aromatic heterocycles. The minimum atomic E-state index is -5.11. The first-order valence-electron chi connectivity index (χ1n) is 23.7. The van der Waals surface area contributed by atoms with Crippen molar-refractivity contribution < 1.29 is 46.6 Å². The van der Waals surface area contributed by atoms with Crippen LogP contribution in [0, 0.1) is 18.2 Å². The molecule has 16 nitrogen and oxygen atoms in total. The number of aromatic nitrogens is 2. The number of amides is 5. The molecule has 2 aliphatic rings. The van der Waals surface area contributed by atoms with Crippen molar-refractivity contribution in [2.45, 2.75) is 97.4 Å². The first-order chi connectivity index (χ1) is 34.3. The normalized spacial score (nSPS) is 19.2. The molecule has 6 N–H and O–H groups in total. The highest BCUT2D eigenvalue weighted by Gasteiger charge is 2.45. The number of benzene rings is 3. The molecule has 0 radical (unpaired) electrons. The summed E-state index contributed by atoms with van der Waals surface area (Å²) in [5.74, 6) is -4.85. The lowest BCUT2D eigenvalue weighted by atomic mass is 9.85. The molecule has 0 spiro atoms. The number of aliphatic hydroxyl groups excluding tert-OH is 1. The lowest BCUT2D eigenvalue weighted by molar-refractivity contribution is -0.144. The summed E-state index contributed by atoms with van der Waals surface area (Å²) in [4.78, 5) is 95.4. The second kappa shape index (κ2) is 21.6. The van der Waals surface area contributed by atoms with Crippen molar-refractivity contribution in [1.29, 1.82) is 0 Å². The molecule has 2 fully saturated rings. The van der Waals surface area contributed by atoms with Gasteiger partial charge in [-0.25, -0.2) is 9.37 Å². The number of pyridine rings is 1. The second-order valence-electron chi connectivity index (χ2n) is 19.8. The number of nitrogens with one attached hydrogen (secondary N) is 5. The van der Waals surface area contributed by atoms with E-state index < -0.39 is 94.4 Å². The van der Waals surface area contributed by atoms with Gasteiger partial charge in [0.15, 0.2) is 0 Å². The molecule has 73 heavy (non-hydrogen) atoms. The van der Waals surface area contributed by atoms with Gasteiger partial charge in [-0.2, -0.15) is 13.2 Å². The highest BCUT2D eigenvalue weighted by atomic mass is 32.1. The molecule has 2 aliphatic heterocycles. The number of aliphatic hydroxyl groups is 1.